The van der Waals surface area contributed by atoms with Crippen LogP contribution in [0.4, 0.5) is 0 Å². The molecule has 1 saturated carbocycles. The molecular weight excluding hydrogens is 234 g/mol. The first-order valence-corrected chi connectivity index (χ1v) is 8.13. The maximum atomic E-state index is 6.44. The molecule has 19 heavy (non-hydrogen) atoms. The van der Waals surface area contributed by atoms with Crippen LogP contribution in [0.25, 0.3) is 0 Å². The van der Waals surface area contributed by atoms with Crippen molar-refractivity contribution >= 4 is 0 Å². The van der Waals surface area contributed by atoms with Gasteiger partial charge in [0.15, 0.2) is 0 Å². The van der Waals surface area contributed by atoms with Gasteiger partial charge in [-0.15, -0.1) is 0 Å². The van der Waals surface area contributed by atoms with Gasteiger partial charge in [0.25, 0.3) is 0 Å². The molecule has 2 rings (SSSR count). The molecule has 1 saturated heterocycles. The van der Waals surface area contributed by atoms with Crippen molar-refractivity contribution < 1.29 is 4.74 Å². The van der Waals surface area contributed by atoms with Crippen molar-refractivity contribution in [2.24, 2.45) is 23.0 Å². The fraction of sp³-hybridized carbons (Fsp3) is 1.00. The van der Waals surface area contributed by atoms with Crippen LogP contribution in [0.3, 0.4) is 0 Å². The van der Waals surface area contributed by atoms with Gasteiger partial charge in [-0.3, -0.25) is 0 Å². The van der Waals surface area contributed by atoms with Gasteiger partial charge in [0.2, 0.25) is 0 Å². The number of hydrogen-bond acceptors (Lipinski definition) is 2. The Balaban J connectivity index is 1.94. The predicted octanol–water partition coefficient (Wildman–Crippen LogP) is 4.12. The van der Waals surface area contributed by atoms with Gasteiger partial charge in [-0.25, -0.2) is 0 Å². The van der Waals surface area contributed by atoms with Crippen molar-refractivity contribution in [1.82, 2.24) is 0 Å². The lowest BCUT2D eigenvalue weighted by Gasteiger charge is -2.44. The molecule has 4 unspecified atom stereocenters. The second-order valence-electron chi connectivity index (χ2n) is 8.42. The van der Waals surface area contributed by atoms with Crippen molar-refractivity contribution in [3.8, 4) is 0 Å². The summed E-state index contributed by atoms with van der Waals surface area (Å²) in [6.45, 7) is 11.6. The number of hydrogen-bond donors (Lipinski definition) is 1. The molecule has 0 bridgehead atoms. The Morgan fingerprint density at radius 3 is 2.42 bits per heavy atom. The van der Waals surface area contributed by atoms with Crippen LogP contribution in [0.1, 0.15) is 73.1 Å². The average molecular weight is 267 g/mol. The summed E-state index contributed by atoms with van der Waals surface area (Å²) in [5.74, 6) is 1.47. The van der Waals surface area contributed by atoms with Gasteiger partial charge in [-0.05, 0) is 63.2 Å². The Morgan fingerprint density at radius 2 is 1.89 bits per heavy atom. The molecule has 0 aromatic rings. The quantitative estimate of drug-likeness (QED) is 0.834. The van der Waals surface area contributed by atoms with Crippen LogP contribution in [0, 0.1) is 17.3 Å². The first-order chi connectivity index (χ1) is 8.70. The second-order valence-corrected chi connectivity index (χ2v) is 8.42. The average Bonchev–Trinajstić information content (AvgIpc) is 2.56. The lowest BCUT2D eigenvalue weighted by molar-refractivity contribution is -0.0440. The highest BCUT2D eigenvalue weighted by Crippen LogP contribution is 2.45. The molecular formula is C17H33NO. The Morgan fingerprint density at radius 1 is 1.21 bits per heavy atom. The molecule has 2 heteroatoms. The zero-order valence-corrected chi connectivity index (χ0v) is 13.5. The summed E-state index contributed by atoms with van der Waals surface area (Å²) in [5.41, 5.74) is 6.84. The van der Waals surface area contributed by atoms with Gasteiger partial charge < -0.3 is 10.5 Å². The van der Waals surface area contributed by atoms with Gasteiger partial charge in [0.05, 0.1) is 11.7 Å². The summed E-state index contributed by atoms with van der Waals surface area (Å²) in [5, 5.41) is 0. The summed E-state index contributed by atoms with van der Waals surface area (Å²) < 4.78 is 6.19. The summed E-state index contributed by atoms with van der Waals surface area (Å²) in [6, 6.07) is 0.383. The van der Waals surface area contributed by atoms with E-state index in [1.165, 1.54) is 38.5 Å². The lowest BCUT2D eigenvalue weighted by atomic mass is 9.64. The highest BCUT2D eigenvalue weighted by atomic mass is 16.5. The summed E-state index contributed by atoms with van der Waals surface area (Å²) >= 11 is 0. The minimum atomic E-state index is 0.0872. The first-order valence-electron chi connectivity index (χ1n) is 8.13. The van der Waals surface area contributed by atoms with E-state index in [0.717, 1.165) is 5.92 Å². The summed E-state index contributed by atoms with van der Waals surface area (Å²) in [4.78, 5) is 0. The van der Waals surface area contributed by atoms with E-state index in [9.17, 15) is 0 Å². The van der Waals surface area contributed by atoms with Gasteiger partial charge in [-0.2, -0.15) is 0 Å². The zero-order chi connectivity index (χ0) is 14.3. The molecule has 0 spiro atoms. The van der Waals surface area contributed by atoms with Crippen LogP contribution in [-0.2, 0) is 4.74 Å². The molecule has 2 fully saturated rings. The van der Waals surface area contributed by atoms with Crippen LogP contribution >= 0.6 is 0 Å². The van der Waals surface area contributed by atoms with E-state index in [2.05, 4.69) is 34.6 Å². The topological polar surface area (TPSA) is 35.2 Å². The van der Waals surface area contributed by atoms with Crippen molar-refractivity contribution in [3.63, 3.8) is 0 Å². The minimum Gasteiger partial charge on any atom is -0.372 e. The molecule has 4 atom stereocenters. The van der Waals surface area contributed by atoms with Gasteiger partial charge in [0.1, 0.15) is 0 Å². The number of nitrogens with two attached hydrogens (primary N) is 1. The SMILES string of the molecule is CC1CCC(C(C)(C)CC2CCC(C)(C)O2)C(N)C1. The number of rotatable bonds is 3. The standard InChI is InChI=1S/C17H33NO/c1-12-6-7-14(15(18)10-12)16(2,3)11-13-8-9-17(4,5)19-13/h12-15H,6-11,18H2,1-5H3. The monoisotopic (exact) mass is 267 g/mol. The Kier molecular flexibility index (Phi) is 4.32. The maximum absolute atomic E-state index is 6.44. The predicted molar refractivity (Wildman–Crippen MR) is 81.1 cm³/mol. The Bertz CT molecular complexity index is 310. The van der Waals surface area contributed by atoms with Crippen molar-refractivity contribution in [2.75, 3.05) is 0 Å². The first kappa shape index (κ1) is 15.3. The van der Waals surface area contributed by atoms with E-state index in [1.54, 1.807) is 0 Å². The molecule has 0 aromatic heterocycles. The third kappa shape index (κ3) is 3.72. The van der Waals surface area contributed by atoms with E-state index >= 15 is 0 Å². The van der Waals surface area contributed by atoms with E-state index in [1.807, 2.05) is 0 Å². The Hall–Kier alpha value is -0.0800. The zero-order valence-electron chi connectivity index (χ0n) is 13.5. The molecule has 1 aliphatic carbocycles. The van der Waals surface area contributed by atoms with Crippen LogP contribution in [0.15, 0.2) is 0 Å². The third-order valence-electron chi connectivity index (χ3n) is 5.47. The van der Waals surface area contributed by atoms with E-state index in [-0.39, 0.29) is 5.60 Å². The van der Waals surface area contributed by atoms with E-state index in [0.29, 0.717) is 23.5 Å². The Labute approximate surface area is 119 Å². The van der Waals surface area contributed by atoms with E-state index < -0.39 is 0 Å². The molecule has 1 heterocycles. The summed E-state index contributed by atoms with van der Waals surface area (Å²) in [7, 11) is 0. The molecule has 0 amide bonds. The van der Waals surface area contributed by atoms with Gasteiger partial charge in [0, 0.05) is 6.04 Å². The van der Waals surface area contributed by atoms with Crippen molar-refractivity contribution in [1.29, 1.82) is 0 Å². The molecule has 2 aliphatic rings. The smallest absolute Gasteiger partial charge is 0.0631 e. The normalized spacial score (nSPS) is 39.5. The third-order valence-corrected chi connectivity index (χ3v) is 5.47. The summed E-state index contributed by atoms with van der Waals surface area (Å²) in [6.07, 6.45) is 7.87. The van der Waals surface area contributed by atoms with Crippen LogP contribution in [0.5, 0.6) is 0 Å². The molecule has 112 valence electrons. The second kappa shape index (κ2) is 5.37. The van der Waals surface area contributed by atoms with Crippen LogP contribution < -0.4 is 5.73 Å². The highest BCUT2D eigenvalue weighted by Gasteiger charge is 2.41. The van der Waals surface area contributed by atoms with E-state index in [4.69, 9.17) is 10.5 Å². The molecule has 0 aromatic carbocycles. The van der Waals surface area contributed by atoms with Crippen LogP contribution in [0.2, 0.25) is 0 Å². The largest absolute Gasteiger partial charge is 0.372 e. The lowest BCUT2D eigenvalue weighted by Crippen LogP contribution is -2.45. The highest BCUT2D eigenvalue weighted by molar-refractivity contribution is 4.93. The fourth-order valence-electron chi connectivity index (χ4n) is 4.35. The van der Waals surface area contributed by atoms with Crippen molar-refractivity contribution in [2.45, 2.75) is 90.9 Å². The van der Waals surface area contributed by atoms with Crippen molar-refractivity contribution in [3.05, 3.63) is 0 Å². The fourth-order valence-corrected chi connectivity index (χ4v) is 4.35. The number of ether oxygens (including phenoxy) is 1. The molecule has 0 radical (unpaired) electrons. The van der Waals surface area contributed by atoms with Gasteiger partial charge in [-0.1, -0.05) is 27.2 Å². The molecule has 2 N–H and O–H groups in total. The van der Waals surface area contributed by atoms with Gasteiger partial charge >= 0.3 is 0 Å². The minimum absolute atomic E-state index is 0.0872. The van der Waals surface area contributed by atoms with Crippen LogP contribution in [-0.4, -0.2) is 17.7 Å². The molecule has 2 nitrogen and oxygen atoms in total. The molecule has 1 aliphatic heterocycles. The maximum Gasteiger partial charge on any atom is 0.0631 e.